The molecule has 0 bridgehead atoms. The van der Waals surface area contributed by atoms with E-state index in [1.54, 1.807) is 12.1 Å². The van der Waals surface area contributed by atoms with Gasteiger partial charge in [-0.15, -0.1) is 0 Å². The van der Waals surface area contributed by atoms with E-state index in [1.165, 1.54) is 6.07 Å². The average Bonchev–Trinajstić information content (AvgIpc) is 2.25. The molecular weight excluding hydrogens is 280 g/mol. The van der Waals surface area contributed by atoms with E-state index in [1.807, 2.05) is 0 Å². The van der Waals surface area contributed by atoms with Gasteiger partial charge < -0.3 is 15.5 Å². The summed E-state index contributed by atoms with van der Waals surface area (Å²) < 4.78 is 0.469. The van der Waals surface area contributed by atoms with E-state index in [2.05, 4.69) is 26.2 Å². The number of carboxylic acids is 1. The fourth-order valence-corrected chi connectivity index (χ4v) is 1.30. The van der Waals surface area contributed by atoms with Gasteiger partial charge >= 0.3 is 5.97 Å². The van der Waals surface area contributed by atoms with Crippen molar-refractivity contribution in [1.29, 1.82) is 0 Å². The van der Waals surface area contributed by atoms with Crippen molar-refractivity contribution >= 4 is 27.8 Å². The van der Waals surface area contributed by atoms with Crippen LogP contribution in [0.25, 0.3) is 0 Å². The lowest BCUT2D eigenvalue weighted by Gasteiger charge is -2.10. The van der Waals surface area contributed by atoms with Crippen molar-refractivity contribution in [3.63, 3.8) is 0 Å². The average molecular weight is 289 g/mol. The molecule has 1 amide bonds. The van der Waals surface area contributed by atoms with Crippen LogP contribution in [0.3, 0.4) is 0 Å². The van der Waals surface area contributed by atoms with Crippen LogP contribution in [0, 0.1) is 0 Å². The van der Waals surface area contributed by atoms with Gasteiger partial charge in [-0.1, -0.05) is 6.07 Å². The van der Waals surface area contributed by atoms with Crippen LogP contribution in [0.1, 0.15) is 10.5 Å². The number of aliphatic hydroxyl groups is 1. The van der Waals surface area contributed by atoms with Gasteiger partial charge in [0, 0.05) is 0 Å². The number of rotatable bonds is 4. The Labute approximate surface area is 99.4 Å². The summed E-state index contributed by atoms with van der Waals surface area (Å²) >= 11 is 3.09. The first-order valence-corrected chi connectivity index (χ1v) is 5.11. The van der Waals surface area contributed by atoms with Gasteiger partial charge in [-0.25, -0.2) is 9.78 Å². The lowest BCUT2D eigenvalue weighted by atomic mass is 10.3. The lowest BCUT2D eigenvalue weighted by Crippen LogP contribution is -2.43. The molecule has 0 radical (unpaired) electrons. The molecule has 7 heteroatoms. The summed E-state index contributed by atoms with van der Waals surface area (Å²) in [6.45, 7) is -0.672. The summed E-state index contributed by atoms with van der Waals surface area (Å²) in [5.74, 6) is -1.95. The highest BCUT2D eigenvalue weighted by Crippen LogP contribution is 2.06. The van der Waals surface area contributed by atoms with E-state index >= 15 is 0 Å². The van der Waals surface area contributed by atoms with Gasteiger partial charge in [0.15, 0.2) is 6.04 Å². The summed E-state index contributed by atoms with van der Waals surface area (Å²) in [4.78, 5) is 25.9. The van der Waals surface area contributed by atoms with Crippen LogP contribution in [0.4, 0.5) is 0 Å². The molecule has 0 saturated carbocycles. The molecule has 1 heterocycles. The van der Waals surface area contributed by atoms with Crippen LogP contribution >= 0.6 is 15.9 Å². The second-order valence-corrected chi connectivity index (χ2v) is 3.70. The molecular formula is C9H9BrN2O4. The number of halogens is 1. The number of aliphatic carboxylic acids is 1. The molecule has 1 rings (SSSR count). The van der Waals surface area contributed by atoms with Crippen molar-refractivity contribution in [3.05, 3.63) is 28.5 Å². The first-order chi connectivity index (χ1) is 7.54. The molecule has 0 aromatic carbocycles. The number of nitrogens with one attached hydrogen (secondary N) is 1. The number of nitrogens with zero attached hydrogens (tertiary/aromatic N) is 1. The highest BCUT2D eigenvalue weighted by molar-refractivity contribution is 9.10. The molecule has 0 unspecified atom stereocenters. The molecule has 0 aliphatic rings. The van der Waals surface area contributed by atoms with Gasteiger partial charge in [-0.2, -0.15) is 0 Å². The number of amides is 1. The highest BCUT2D eigenvalue weighted by atomic mass is 79.9. The maximum absolute atomic E-state index is 11.5. The van der Waals surface area contributed by atoms with Crippen LogP contribution in [-0.4, -0.2) is 39.7 Å². The largest absolute Gasteiger partial charge is 0.480 e. The fraction of sp³-hybridized carbons (Fsp3) is 0.222. The van der Waals surface area contributed by atoms with Crippen molar-refractivity contribution < 1.29 is 19.8 Å². The quantitative estimate of drug-likeness (QED) is 0.679. The number of carbonyl (C=O) groups excluding carboxylic acids is 1. The fourth-order valence-electron chi connectivity index (χ4n) is 0.952. The normalized spacial score (nSPS) is 11.9. The van der Waals surface area contributed by atoms with E-state index in [0.717, 1.165) is 0 Å². The molecule has 0 spiro atoms. The van der Waals surface area contributed by atoms with E-state index in [4.69, 9.17) is 10.2 Å². The Kier molecular flexibility index (Phi) is 4.39. The van der Waals surface area contributed by atoms with Gasteiger partial charge in [0.1, 0.15) is 10.3 Å². The summed E-state index contributed by atoms with van der Waals surface area (Å²) in [5.41, 5.74) is 0.0778. The van der Waals surface area contributed by atoms with Crippen LogP contribution in [0.5, 0.6) is 0 Å². The molecule has 0 aliphatic heterocycles. The topological polar surface area (TPSA) is 99.5 Å². The molecule has 6 nitrogen and oxygen atoms in total. The van der Waals surface area contributed by atoms with Crippen LogP contribution in [0.15, 0.2) is 22.8 Å². The van der Waals surface area contributed by atoms with Crippen molar-refractivity contribution in [2.75, 3.05) is 6.61 Å². The van der Waals surface area contributed by atoms with Crippen molar-refractivity contribution in [1.82, 2.24) is 10.3 Å². The van der Waals surface area contributed by atoms with E-state index < -0.39 is 24.5 Å². The number of pyridine rings is 1. The number of carboxylic acid groups (broad SMARTS) is 1. The van der Waals surface area contributed by atoms with Gasteiger partial charge in [-0.3, -0.25) is 4.79 Å². The molecule has 16 heavy (non-hydrogen) atoms. The van der Waals surface area contributed by atoms with Crippen LogP contribution < -0.4 is 5.32 Å². The van der Waals surface area contributed by atoms with Crippen LogP contribution in [-0.2, 0) is 4.79 Å². The molecule has 86 valence electrons. The Morgan fingerprint density at radius 2 is 2.19 bits per heavy atom. The first-order valence-electron chi connectivity index (χ1n) is 4.31. The highest BCUT2D eigenvalue weighted by Gasteiger charge is 2.20. The first kappa shape index (κ1) is 12.6. The number of carbonyl (C=O) groups is 2. The molecule has 1 aromatic heterocycles. The number of hydrogen-bond acceptors (Lipinski definition) is 4. The van der Waals surface area contributed by atoms with Gasteiger partial charge in [-0.05, 0) is 28.1 Å². The van der Waals surface area contributed by atoms with Crippen molar-refractivity contribution in [3.8, 4) is 0 Å². The monoisotopic (exact) mass is 288 g/mol. The molecule has 1 aromatic rings. The minimum Gasteiger partial charge on any atom is -0.480 e. The minimum atomic E-state index is -1.33. The minimum absolute atomic E-state index is 0.0778. The molecule has 0 saturated heterocycles. The second-order valence-electron chi connectivity index (χ2n) is 2.89. The third-order valence-electron chi connectivity index (χ3n) is 1.73. The number of aromatic nitrogens is 1. The predicted octanol–water partition coefficient (Wildman–Crippen LogP) is 0.0194. The molecule has 1 atom stereocenters. The summed E-state index contributed by atoms with van der Waals surface area (Å²) in [7, 11) is 0. The molecule has 0 aliphatic carbocycles. The molecule has 0 fully saturated rings. The second kappa shape index (κ2) is 5.57. The smallest absolute Gasteiger partial charge is 0.328 e. The van der Waals surface area contributed by atoms with Gasteiger partial charge in [0.2, 0.25) is 0 Å². The SMILES string of the molecule is O=C(N[C@H](CO)C(=O)O)c1cccc(Br)n1. The maximum Gasteiger partial charge on any atom is 0.328 e. The Balaban J connectivity index is 2.75. The lowest BCUT2D eigenvalue weighted by molar-refractivity contribution is -0.140. The van der Waals surface area contributed by atoms with Gasteiger partial charge in [0.05, 0.1) is 6.61 Å². The summed E-state index contributed by atoms with van der Waals surface area (Å²) in [6.07, 6.45) is 0. The zero-order valence-corrected chi connectivity index (χ0v) is 9.64. The Bertz CT molecular complexity index is 410. The van der Waals surface area contributed by atoms with E-state index in [0.29, 0.717) is 4.60 Å². The van der Waals surface area contributed by atoms with Gasteiger partial charge in [0.25, 0.3) is 5.91 Å². The van der Waals surface area contributed by atoms with Crippen molar-refractivity contribution in [2.45, 2.75) is 6.04 Å². The zero-order valence-electron chi connectivity index (χ0n) is 8.05. The Morgan fingerprint density at radius 3 is 2.69 bits per heavy atom. The van der Waals surface area contributed by atoms with E-state index in [-0.39, 0.29) is 5.69 Å². The standard InChI is InChI=1S/C9H9BrN2O4/c10-7-3-1-2-5(11-7)8(14)12-6(4-13)9(15)16/h1-3,6,13H,4H2,(H,12,14)(H,15,16)/t6-/m1/s1. The van der Waals surface area contributed by atoms with E-state index in [9.17, 15) is 9.59 Å². The third-order valence-corrected chi connectivity index (χ3v) is 2.18. The Morgan fingerprint density at radius 1 is 1.50 bits per heavy atom. The Hall–Kier alpha value is -1.47. The number of hydrogen-bond donors (Lipinski definition) is 3. The molecule has 3 N–H and O–H groups in total. The van der Waals surface area contributed by atoms with Crippen LogP contribution in [0.2, 0.25) is 0 Å². The predicted molar refractivity (Wildman–Crippen MR) is 57.9 cm³/mol. The summed E-state index contributed by atoms with van der Waals surface area (Å²) in [6, 6.07) is 3.35. The zero-order chi connectivity index (χ0) is 12.1. The maximum atomic E-state index is 11.5. The number of aliphatic hydroxyl groups excluding tert-OH is 1. The van der Waals surface area contributed by atoms with Crippen molar-refractivity contribution in [2.24, 2.45) is 0 Å². The third kappa shape index (κ3) is 3.28. The summed E-state index contributed by atoms with van der Waals surface area (Å²) in [5, 5.41) is 19.5.